The lowest BCUT2D eigenvalue weighted by atomic mass is 10.2. The van der Waals surface area contributed by atoms with Gasteiger partial charge in [-0.2, -0.15) is 9.78 Å². The Bertz CT molecular complexity index is 1240. The van der Waals surface area contributed by atoms with Crippen LogP contribution in [0.25, 0.3) is 16.9 Å². The van der Waals surface area contributed by atoms with Crippen molar-refractivity contribution in [2.45, 2.75) is 13.2 Å². The minimum Gasteiger partial charge on any atom is -0.392 e. The number of benzene rings is 2. The molecule has 0 unspecified atom stereocenters. The van der Waals surface area contributed by atoms with Gasteiger partial charge < -0.3 is 9.67 Å². The lowest BCUT2D eigenvalue weighted by Gasteiger charge is -2.06. The average Bonchev–Trinajstić information content (AvgIpc) is 3.07. The molecule has 2 aliphatic rings. The van der Waals surface area contributed by atoms with Crippen LogP contribution < -0.4 is 5.56 Å². The first kappa shape index (κ1) is 19.5. The van der Waals surface area contributed by atoms with Crippen molar-refractivity contribution in [2.24, 2.45) is 0 Å². The van der Waals surface area contributed by atoms with Crippen molar-refractivity contribution >= 4 is 0 Å². The van der Waals surface area contributed by atoms with Gasteiger partial charge in [0.25, 0.3) is 5.56 Å². The monoisotopic (exact) mass is 401 g/mol. The fourth-order valence-corrected chi connectivity index (χ4v) is 3.23. The summed E-state index contributed by atoms with van der Waals surface area (Å²) in [6.45, 7) is 0.271. The molecule has 2 aromatic rings. The molecular formula is C24H20FN3O2. The van der Waals surface area contributed by atoms with Crippen molar-refractivity contribution in [3.8, 4) is 16.9 Å². The Morgan fingerprint density at radius 2 is 1.63 bits per heavy atom. The highest BCUT2D eigenvalue weighted by molar-refractivity contribution is 5.59. The molecular weight excluding hydrogens is 381 g/mol. The zero-order valence-corrected chi connectivity index (χ0v) is 16.1. The average molecular weight is 401 g/mol. The summed E-state index contributed by atoms with van der Waals surface area (Å²) in [6.07, 6.45) is 3.59. The Kier molecular flexibility index (Phi) is 5.68. The zero-order chi connectivity index (χ0) is 20.9. The van der Waals surface area contributed by atoms with E-state index in [1.165, 1.54) is 16.8 Å². The Morgan fingerprint density at radius 1 is 0.900 bits per heavy atom. The zero-order valence-electron chi connectivity index (χ0n) is 16.1. The number of hydrogen-bond acceptors (Lipinski definition) is 3. The Hall–Kier alpha value is -3.77. The molecule has 6 heteroatoms. The Morgan fingerprint density at radius 3 is 2.43 bits per heavy atom. The van der Waals surface area contributed by atoms with Crippen molar-refractivity contribution in [3.05, 3.63) is 119 Å². The quantitative estimate of drug-likeness (QED) is 0.563. The molecule has 0 saturated heterocycles. The van der Waals surface area contributed by atoms with Crippen LogP contribution in [0, 0.1) is 5.82 Å². The molecule has 4 rings (SSSR count). The van der Waals surface area contributed by atoms with E-state index in [9.17, 15) is 14.3 Å². The highest BCUT2D eigenvalue weighted by Gasteiger charge is 2.16. The van der Waals surface area contributed by atoms with Gasteiger partial charge in [0.1, 0.15) is 5.82 Å². The van der Waals surface area contributed by atoms with Crippen molar-refractivity contribution in [3.63, 3.8) is 0 Å². The van der Waals surface area contributed by atoms with E-state index in [0.29, 0.717) is 29.1 Å². The van der Waals surface area contributed by atoms with E-state index < -0.39 is 0 Å². The topological polar surface area (TPSA) is 60.0 Å². The van der Waals surface area contributed by atoms with Crippen LogP contribution >= 0.6 is 0 Å². The number of aromatic nitrogens is 3. The van der Waals surface area contributed by atoms with Crippen LogP contribution in [0.2, 0.25) is 0 Å². The van der Waals surface area contributed by atoms with Gasteiger partial charge in [0.05, 0.1) is 23.6 Å². The SMILES string of the molecule is O=c1c2cn(Cc3ccc(F)cc3)ccccccc-2nn1-c1ccccc1CO. The van der Waals surface area contributed by atoms with E-state index in [1.807, 2.05) is 35.0 Å². The second-order valence-corrected chi connectivity index (χ2v) is 6.82. The van der Waals surface area contributed by atoms with Crippen molar-refractivity contribution < 1.29 is 9.50 Å². The number of rotatable bonds is 4. The highest BCUT2D eigenvalue weighted by atomic mass is 19.1. The summed E-state index contributed by atoms with van der Waals surface area (Å²) in [4.78, 5) is 13.2. The number of aliphatic hydroxyl groups is 1. The van der Waals surface area contributed by atoms with Crippen molar-refractivity contribution in [2.75, 3.05) is 0 Å². The molecule has 2 aromatic carbocycles. The van der Waals surface area contributed by atoms with Gasteiger partial charge in [0.15, 0.2) is 0 Å². The number of para-hydroxylation sites is 1. The number of halogens is 1. The fourth-order valence-electron chi connectivity index (χ4n) is 3.23. The summed E-state index contributed by atoms with van der Waals surface area (Å²) in [5, 5.41) is 14.1. The van der Waals surface area contributed by atoms with E-state index in [2.05, 4.69) is 5.10 Å². The van der Waals surface area contributed by atoms with E-state index in [0.717, 1.165) is 5.56 Å². The summed E-state index contributed by atoms with van der Waals surface area (Å²) in [6, 6.07) is 22.6. The summed E-state index contributed by atoms with van der Waals surface area (Å²) in [5.41, 5.74) is 2.74. The van der Waals surface area contributed by atoms with Crippen LogP contribution in [-0.2, 0) is 13.2 Å². The molecule has 150 valence electrons. The predicted molar refractivity (Wildman–Crippen MR) is 113 cm³/mol. The van der Waals surface area contributed by atoms with Gasteiger partial charge in [-0.15, -0.1) is 0 Å². The van der Waals surface area contributed by atoms with Gasteiger partial charge in [-0.3, -0.25) is 4.79 Å². The molecule has 0 aromatic heterocycles. The van der Waals surface area contributed by atoms with Gasteiger partial charge in [-0.1, -0.05) is 48.5 Å². The van der Waals surface area contributed by atoms with Gasteiger partial charge in [0, 0.05) is 24.5 Å². The third-order valence-corrected chi connectivity index (χ3v) is 4.73. The maximum Gasteiger partial charge on any atom is 0.282 e. The predicted octanol–water partition coefficient (Wildman–Crippen LogP) is 3.94. The van der Waals surface area contributed by atoms with E-state index in [4.69, 9.17) is 0 Å². The molecule has 0 bridgehead atoms. The van der Waals surface area contributed by atoms with Crippen molar-refractivity contribution in [1.82, 2.24) is 14.3 Å². The minimum absolute atomic E-state index is 0.193. The molecule has 0 spiro atoms. The van der Waals surface area contributed by atoms with Crippen molar-refractivity contribution in [1.29, 1.82) is 0 Å². The molecule has 0 saturated carbocycles. The third kappa shape index (κ3) is 4.14. The normalized spacial score (nSPS) is 10.7. The summed E-state index contributed by atoms with van der Waals surface area (Å²) >= 11 is 0. The summed E-state index contributed by atoms with van der Waals surface area (Å²) in [7, 11) is 0. The number of fused-ring (bicyclic) bond motifs is 1. The van der Waals surface area contributed by atoms with Crippen LogP contribution in [0.15, 0.2) is 96.1 Å². The molecule has 2 aliphatic heterocycles. The number of hydrogen-bond donors (Lipinski definition) is 1. The van der Waals surface area contributed by atoms with Crippen LogP contribution in [0.3, 0.4) is 0 Å². The molecule has 5 nitrogen and oxygen atoms in total. The standard InChI is InChI=1S/C24H20FN3O2/c25-20-12-10-18(11-13-20)15-27-14-6-2-1-3-8-22-21(16-27)24(30)28(26-22)23-9-5-4-7-19(23)17-29/h1-14,16,29H,15,17H2. The van der Waals surface area contributed by atoms with Gasteiger partial charge in [-0.05, 0) is 35.9 Å². The van der Waals surface area contributed by atoms with Gasteiger partial charge >= 0.3 is 0 Å². The fraction of sp³-hybridized carbons (Fsp3) is 0.0833. The van der Waals surface area contributed by atoms with Crippen LogP contribution in [0.4, 0.5) is 4.39 Å². The van der Waals surface area contributed by atoms with Gasteiger partial charge in [-0.25, -0.2) is 4.39 Å². The molecule has 1 N–H and O–H groups in total. The largest absolute Gasteiger partial charge is 0.392 e. The molecule has 0 amide bonds. The van der Waals surface area contributed by atoms with Crippen LogP contribution in [-0.4, -0.2) is 19.5 Å². The second kappa shape index (κ2) is 8.71. The van der Waals surface area contributed by atoms with Crippen LogP contribution in [0.1, 0.15) is 11.1 Å². The molecule has 0 atom stereocenters. The minimum atomic E-state index is -0.291. The second-order valence-electron chi connectivity index (χ2n) is 6.82. The molecule has 0 aliphatic carbocycles. The first-order valence-corrected chi connectivity index (χ1v) is 9.51. The lowest BCUT2D eigenvalue weighted by molar-refractivity contribution is 0.281. The first-order valence-electron chi connectivity index (χ1n) is 9.51. The highest BCUT2D eigenvalue weighted by Crippen LogP contribution is 2.18. The first-order chi connectivity index (χ1) is 14.7. The molecule has 30 heavy (non-hydrogen) atoms. The van der Waals surface area contributed by atoms with Gasteiger partial charge in [0.2, 0.25) is 0 Å². The summed E-state index contributed by atoms with van der Waals surface area (Å²) < 4.78 is 16.4. The maximum atomic E-state index is 13.2. The third-order valence-electron chi connectivity index (χ3n) is 4.73. The Balaban J connectivity index is 1.89. The molecule has 2 heterocycles. The Labute approximate surface area is 173 Å². The number of nitrogens with zero attached hydrogens (tertiary/aromatic N) is 3. The lowest BCUT2D eigenvalue weighted by Crippen LogP contribution is -2.16. The maximum absolute atomic E-state index is 13.2. The number of aliphatic hydroxyl groups excluding tert-OH is 1. The molecule has 0 radical (unpaired) electrons. The van der Waals surface area contributed by atoms with E-state index >= 15 is 0 Å². The van der Waals surface area contributed by atoms with Crippen LogP contribution in [0.5, 0.6) is 0 Å². The van der Waals surface area contributed by atoms with E-state index in [-0.39, 0.29) is 18.0 Å². The van der Waals surface area contributed by atoms with E-state index in [1.54, 1.807) is 48.7 Å². The smallest absolute Gasteiger partial charge is 0.282 e. The summed E-state index contributed by atoms with van der Waals surface area (Å²) in [5.74, 6) is -0.291. The molecule has 0 fully saturated rings.